The highest BCUT2D eigenvalue weighted by molar-refractivity contribution is 6.09. The number of amides is 1. The molecule has 0 aliphatic carbocycles. The van der Waals surface area contributed by atoms with Gasteiger partial charge in [0.15, 0.2) is 0 Å². The molecule has 0 bridgehead atoms. The van der Waals surface area contributed by atoms with Crippen LogP contribution in [0.2, 0.25) is 0 Å². The van der Waals surface area contributed by atoms with Gasteiger partial charge in [0.25, 0.3) is 5.91 Å². The van der Waals surface area contributed by atoms with E-state index in [0.29, 0.717) is 23.4 Å². The van der Waals surface area contributed by atoms with Gasteiger partial charge in [-0.25, -0.2) is 4.79 Å². The van der Waals surface area contributed by atoms with Gasteiger partial charge in [-0.3, -0.25) is 9.78 Å². The van der Waals surface area contributed by atoms with Gasteiger partial charge in [-0.05, 0) is 44.5 Å². The summed E-state index contributed by atoms with van der Waals surface area (Å²) in [5.41, 5.74) is 2.32. The van der Waals surface area contributed by atoms with Gasteiger partial charge in [-0.1, -0.05) is 12.1 Å². The lowest BCUT2D eigenvalue weighted by molar-refractivity contribution is 0.0527. The number of benzene rings is 1. The number of pyridine rings is 1. The van der Waals surface area contributed by atoms with Crippen molar-refractivity contribution in [2.24, 2.45) is 0 Å². The summed E-state index contributed by atoms with van der Waals surface area (Å²) in [5.74, 6) is -0.628. The second-order valence-electron chi connectivity index (χ2n) is 5.04. The van der Waals surface area contributed by atoms with E-state index >= 15 is 0 Å². The average molecular weight is 312 g/mol. The van der Waals surface area contributed by atoms with Gasteiger partial charge in [0.1, 0.15) is 0 Å². The lowest BCUT2D eigenvalue weighted by Gasteiger charge is -2.23. The van der Waals surface area contributed by atoms with Gasteiger partial charge in [0.05, 0.1) is 23.4 Å². The van der Waals surface area contributed by atoms with Gasteiger partial charge < -0.3 is 9.64 Å². The van der Waals surface area contributed by atoms with E-state index in [1.165, 1.54) is 6.20 Å². The second kappa shape index (κ2) is 7.54. The molecule has 5 nitrogen and oxygen atoms in total. The van der Waals surface area contributed by atoms with Crippen LogP contribution in [0.25, 0.3) is 0 Å². The number of rotatable bonds is 5. The molecule has 0 atom stereocenters. The fourth-order valence-electron chi connectivity index (χ4n) is 2.34. The van der Waals surface area contributed by atoms with Crippen molar-refractivity contribution in [3.63, 3.8) is 0 Å². The van der Waals surface area contributed by atoms with Gasteiger partial charge in [0.2, 0.25) is 0 Å². The normalized spacial score (nSPS) is 10.2. The quantitative estimate of drug-likeness (QED) is 0.795. The van der Waals surface area contributed by atoms with E-state index in [0.717, 1.165) is 5.56 Å². The molecule has 0 unspecified atom stereocenters. The lowest BCUT2D eigenvalue weighted by atomic mass is 10.1. The summed E-state index contributed by atoms with van der Waals surface area (Å²) in [5, 5.41) is 0. The third-order valence-electron chi connectivity index (χ3n) is 3.37. The molecule has 0 radical (unpaired) electrons. The molecule has 0 aliphatic heterocycles. The Morgan fingerprint density at radius 1 is 1.17 bits per heavy atom. The Morgan fingerprint density at radius 3 is 2.57 bits per heavy atom. The Hall–Kier alpha value is -2.69. The van der Waals surface area contributed by atoms with E-state index in [9.17, 15) is 9.59 Å². The van der Waals surface area contributed by atoms with Gasteiger partial charge in [0, 0.05) is 18.9 Å². The minimum atomic E-state index is -0.434. The van der Waals surface area contributed by atoms with Gasteiger partial charge >= 0.3 is 5.97 Å². The molecule has 0 saturated carbocycles. The second-order valence-corrected chi connectivity index (χ2v) is 5.04. The molecule has 5 heteroatoms. The Morgan fingerprint density at radius 2 is 1.91 bits per heavy atom. The number of ether oxygens (including phenoxy) is 1. The van der Waals surface area contributed by atoms with Crippen molar-refractivity contribution >= 4 is 17.6 Å². The number of carbonyl (C=O) groups excluding carboxylic acids is 2. The Kier molecular flexibility index (Phi) is 5.46. The zero-order valence-corrected chi connectivity index (χ0v) is 13.6. The highest BCUT2D eigenvalue weighted by Gasteiger charge is 2.22. The summed E-state index contributed by atoms with van der Waals surface area (Å²) in [4.78, 5) is 30.5. The minimum absolute atomic E-state index is 0.194. The summed E-state index contributed by atoms with van der Waals surface area (Å²) in [7, 11) is 0. The molecule has 1 aromatic carbocycles. The molecule has 0 fully saturated rings. The van der Waals surface area contributed by atoms with Crippen molar-refractivity contribution in [1.29, 1.82) is 0 Å². The average Bonchev–Trinajstić information content (AvgIpc) is 2.56. The van der Waals surface area contributed by atoms with Crippen molar-refractivity contribution in [3.8, 4) is 0 Å². The van der Waals surface area contributed by atoms with Crippen molar-refractivity contribution in [1.82, 2.24) is 4.98 Å². The van der Waals surface area contributed by atoms with E-state index in [1.807, 2.05) is 13.8 Å². The minimum Gasteiger partial charge on any atom is -0.462 e. The van der Waals surface area contributed by atoms with Crippen LogP contribution in [0.4, 0.5) is 5.69 Å². The van der Waals surface area contributed by atoms with Crippen LogP contribution in [0, 0.1) is 6.92 Å². The number of nitrogens with zero attached hydrogens (tertiary/aromatic N) is 2. The number of aryl methyl sites for hydroxylation is 1. The van der Waals surface area contributed by atoms with Crippen molar-refractivity contribution in [3.05, 3.63) is 59.4 Å². The van der Waals surface area contributed by atoms with Crippen LogP contribution < -0.4 is 4.90 Å². The van der Waals surface area contributed by atoms with Crippen molar-refractivity contribution < 1.29 is 14.3 Å². The predicted molar refractivity (Wildman–Crippen MR) is 88.7 cm³/mol. The molecule has 0 spiro atoms. The summed E-state index contributed by atoms with van der Waals surface area (Å²) in [6, 6.07) is 8.74. The van der Waals surface area contributed by atoms with Crippen LogP contribution in [0.5, 0.6) is 0 Å². The van der Waals surface area contributed by atoms with Crippen molar-refractivity contribution in [2.45, 2.75) is 20.8 Å². The summed E-state index contributed by atoms with van der Waals surface area (Å²) >= 11 is 0. The Labute approximate surface area is 135 Å². The van der Waals surface area contributed by atoms with Crippen LogP contribution in [-0.2, 0) is 4.74 Å². The van der Waals surface area contributed by atoms with Crippen molar-refractivity contribution in [2.75, 3.05) is 18.1 Å². The maximum absolute atomic E-state index is 12.8. The third-order valence-corrected chi connectivity index (χ3v) is 3.37. The molecular formula is C18H20N2O3. The van der Waals surface area contributed by atoms with Crippen LogP contribution in [0.15, 0.2) is 42.7 Å². The van der Waals surface area contributed by atoms with E-state index in [4.69, 9.17) is 4.74 Å². The zero-order valence-electron chi connectivity index (χ0n) is 13.6. The molecule has 0 N–H and O–H groups in total. The van der Waals surface area contributed by atoms with Crippen LogP contribution in [0.1, 0.15) is 40.1 Å². The number of esters is 1. The Bertz CT molecular complexity index is 713. The smallest absolute Gasteiger partial charge is 0.340 e. The van der Waals surface area contributed by atoms with E-state index in [-0.39, 0.29) is 12.5 Å². The molecule has 0 aliphatic rings. The topological polar surface area (TPSA) is 59.5 Å². The van der Waals surface area contributed by atoms with Crippen LogP contribution in [0.3, 0.4) is 0 Å². The molecular weight excluding hydrogens is 292 g/mol. The molecule has 0 saturated heterocycles. The van der Waals surface area contributed by atoms with E-state index < -0.39 is 5.97 Å². The van der Waals surface area contributed by atoms with E-state index in [1.54, 1.807) is 48.4 Å². The third kappa shape index (κ3) is 3.74. The largest absolute Gasteiger partial charge is 0.462 e. The fraction of sp³-hybridized carbons (Fsp3) is 0.278. The highest BCUT2D eigenvalue weighted by Crippen LogP contribution is 2.23. The maximum atomic E-state index is 12.8. The number of aromatic nitrogens is 1. The first-order valence-corrected chi connectivity index (χ1v) is 7.58. The SMILES string of the molecule is CCOC(=O)c1ccccc1N(CC)C(=O)c1cncc(C)c1. The molecule has 2 aromatic rings. The molecule has 23 heavy (non-hydrogen) atoms. The first kappa shape index (κ1) is 16.7. The maximum Gasteiger partial charge on any atom is 0.340 e. The first-order chi connectivity index (χ1) is 11.1. The number of hydrogen-bond donors (Lipinski definition) is 0. The lowest BCUT2D eigenvalue weighted by Crippen LogP contribution is -2.32. The fourth-order valence-corrected chi connectivity index (χ4v) is 2.34. The van der Waals surface area contributed by atoms with Gasteiger partial charge in [-0.15, -0.1) is 0 Å². The van der Waals surface area contributed by atoms with Crippen LogP contribution in [-0.4, -0.2) is 30.0 Å². The molecule has 1 aromatic heterocycles. The molecule has 2 rings (SSSR count). The number of para-hydroxylation sites is 1. The number of anilines is 1. The highest BCUT2D eigenvalue weighted by atomic mass is 16.5. The number of hydrogen-bond acceptors (Lipinski definition) is 4. The molecule has 1 amide bonds. The summed E-state index contributed by atoms with van der Waals surface area (Å²) < 4.78 is 5.08. The summed E-state index contributed by atoms with van der Waals surface area (Å²) in [6.45, 7) is 6.22. The molecule has 1 heterocycles. The van der Waals surface area contributed by atoms with Gasteiger partial charge in [-0.2, -0.15) is 0 Å². The van der Waals surface area contributed by atoms with E-state index in [2.05, 4.69) is 4.98 Å². The monoisotopic (exact) mass is 312 g/mol. The zero-order chi connectivity index (χ0) is 16.8. The first-order valence-electron chi connectivity index (χ1n) is 7.58. The standard InChI is InChI=1S/C18H20N2O3/c1-4-20(17(21)14-10-13(3)11-19-12-14)16-9-7-6-8-15(16)18(22)23-5-2/h6-12H,4-5H2,1-3H3. The predicted octanol–water partition coefficient (Wildman–Crippen LogP) is 3.23. The van der Waals surface area contributed by atoms with Crippen LogP contribution >= 0.6 is 0 Å². The molecule has 120 valence electrons. The Balaban J connectivity index is 2.42. The summed E-state index contributed by atoms with van der Waals surface area (Å²) in [6.07, 6.45) is 3.23. The number of carbonyl (C=O) groups is 2.